The Kier molecular flexibility index (Phi) is 32.1. The molecule has 0 rings (SSSR count). The van der Waals surface area contributed by atoms with Crippen LogP contribution < -0.4 is 10.6 Å². The Hall–Kier alpha value is -1.34. The topological polar surface area (TPSA) is 85.9 Å². The van der Waals surface area contributed by atoms with Crippen LogP contribution in [0, 0.1) is 0 Å². The summed E-state index contributed by atoms with van der Waals surface area (Å²) in [6.07, 6.45) is 26.5. The maximum Gasteiger partial charge on any atom is 0.407 e. The number of hydrogen-bond acceptors (Lipinski definition) is 5. The maximum absolute atomic E-state index is 11.8. The minimum atomic E-state index is -0.371. The Labute approximate surface area is 254 Å². The van der Waals surface area contributed by atoms with Crippen molar-refractivity contribution >= 4 is 12.0 Å². The van der Waals surface area contributed by atoms with Gasteiger partial charge in [-0.1, -0.05) is 110 Å². The average Bonchev–Trinajstić information content (AvgIpc) is 2.95. The second kappa shape index (κ2) is 33.2. The Morgan fingerprint density at radius 2 is 1.05 bits per heavy atom. The Balaban J connectivity index is 3.22. The number of nitrogens with one attached hydrogen (secondary N) is 2. The van der Waals surface area contributed by atoms with Crippen molar-refractivity contribution in [3.63, 3.8) is 0 Å². The van der Waals surface area contributed by atoms with E-state index in [0.717, 1.165) is 45.1 Å². The van der Waals surface area contributed by atoms with Crippen molar-refractivity contribution in [2.45, 2.75) is 168 Å². The smallest absolute Gasteiger partial charge is 0.407 e. The second-order valence-corrected chi connectivity index (χ2v) is 11.8. The first kappa shape index (κ1) is 39.7. The molecule has 41 heavy (non-hydrogen) atoms. The van der Waals surface area contributed by atoms with Gasteiger partial charge in [0.25, 0.3) is 0 Å². The van der Waals surface area contributed by atoms with Crippen molar-refractivity contribution < 1.29 is 23.8 Å². The Morgan fingerprint density at radius 3 is 1.63 bits per heavy atom. The van der Waals surface area contributed by atoms with Crippen LogP contribution in [-0.4, -0.2) is 57.6 Å². The third-order valence-electron chi connectivity index (χ3n) is 7.25. The van der Waals surface area contributed by atoms with E-state index in [-0.39, 0.29) is 18.1 Å². The van der Waals surface area contributed by atoms with Crippen LogP contribution in [0.1, 0.15) is 162 Å². The molecule has 0 saturated carbocycles. The van der Waals surface area contributed by atoms with Crippen LogP contribution in [0.2, 0.25) is 0 Å². The van der Waals surface area contributed by atoms with Crippen molar-refractivity contribution in [1.82, 2.24) is 10.6 Å². The van der Waals surface area contributed by atoms with Gasteiger partial charge in [-0.05, 0) is 39.5 Å². The summed E-state index contributed by atoms with van der Waals surface area (Å²) in [6.45, 7) is 10.0. The van der Waals surface area contributed by atoms with Crippen molar-refractivity contribution in [3.05, 3.63) is 0 Å². The number of alkyl carbamates (subject to hydrolysis) is 1. The molecule has 2 amide bonds. The van der Waals surface area contributed by atoms with Crippen LogP contribution in [0.3, 0.4) is 0 Å². The van der Waals surface area contributed by atoms with Gasteiger partial charge in [0.1, 0.15) is 0 Å². The van der Waals surface area contributed by atoms with Gasteiger partial charge in [0.05, 0.1) is 12.7 Å². The number of ether oxygens (including phenoxy) is 3. The summed E-state index contributed by atoms with van der Waals surface area (Å²) < 4.78 is 16.3. The fourth-order valence-corrected chi connectivity index (χ4v) is 4.72. The van der Waals surface area contributed by atoms with Gasteiger partial charge in [-0.2, -0.15) is 0 Å². The van der Waals surface area contributed by atoms with E-state index in [4.69, 9.17) is 14.2 Å². The summed E-state index contributed by atoms with van der Waals surface area (Å²) >= 11 is 0. The zero-order valence-corrected chi connectivity index (χ0v) is 27.4. The van der Waals surface area contributed by atoms with Crippen LogP contribution >= 0.6 is 0 Å². The zero-order valence-electron chi connectivity index (χ0n) is 27.4. The van der Waals surface area contributed by atoms with Gasteiger partial charge >= 0.3 is 6.09 Å². The highest BCUT2D eigenvalue weighted by atomic mass is 16.5. The highest BCUT2D eigenvalue weighted by Crippen LogP contribution is 2.13. The first-order valence-electron chi connectivity index (χ1n) is 17.4. The minimum absolute atomic E-state index is 0.0824. The molecule has 7 nitrogen and oxygen atoms in total. The van der Waals surface area contributed by atoms with E-state index >= 15 is 0 Å². The highest BCUT2D eigenvalue weighted by Gasteiger charge is 2.03. The lowest BCUT2D eigenvalue weighted by molar-refractivity contribution is -0.121. The summed E-state index contributed by atoms with van der Waals surface area (Å²) in [5.74, 6) is 0.0824. The number of hydrogen-bond donors (Lipinski definition) is 2. The lowest BCUT2D eigenvalue weighted by atomic mass is 10.0. The summed E-state index contributed by atoms with van der Waals surface area (Å²) in [5, 5.41) is 5.69. The molecule has 0 aliphatic heterocycles. The van der Waals surface area contributed by atoms with E-state index in [2.05, 4.69) is 17.6 Å². The van der Waals surface area contributed by atoms with Crippen molar-refractivity contribution in [2.24, 2.45) is 0 Å². The predicted molar refractivity (Wildman–Crippen MR) is 172 cm³/mol. The number of carbonyl (C=O) groups excluding carboxylic acids is 2. The molecular formula is C34H68N2O5. The third-order valence-corrected chi connectivity index (χ3v) is 7.25. The molecule has 0 aromatic heterocycles. The van der Waals surface area contributed by atoms with Crippen molar-refractivity contribution in [2.75, 3.05) is 39.5 Å². The van der Waals surface area contributed by atoms with Gasteiger partial charge in [0.2, 0.25) is 5.91 Å². The second-order valence-electron chi connectivity index (χ2n) is 11.8. The van der Waals surface area contributed by atoms with E-state index in [9.17, 15) is 9.59 Å². The lowest BCUT2D eigenvalue weighted by Crippen LogP contribution is -2.26. The lowest BCUT2D eigenvalue weighted by Gasteiger charge is -2.09. The van der Waals surface area contributed by atoms with Gasteiger partial charge in [0, 0.05) is 45.8 Å². The van der Waals surface area contributed by atoms with E-state index < -0.39 is 0 Å². The number of carbonyl (C=O) groups is 2. The highest BCUT2D eigenvalue weighted by molar-refractivity contribution is 5.75. The van der Waals surface area contributed by atoms with Crippen molar-refractivity contribution in [3.8, 4) is 0 Å². The average molecular weight is 585 g/mol. The molecule has 0 spiro atoms. The zero-order chi connectivity index (χ0) is 30.1. The fourth-order valence-electron chi connectivity index (χ4n) is 4.72. The molecule has 0 aliphatic carbocycles. The molecule has 0 unspecified atom stereocenters. The van der Waals surface area contributed by atoms with Crippen LogP contribution in [-0.2, 0) is 19.0 Å². The Morgan fingerprint density at radius 1 is 0.537 bits per heavy atom. The summed E-state index contributed by atoms with van der Waals surface area (Å²) in [7, 11) is 0. The van der Waals surface area contributed by atoms with Gasteiger partial charge in [0.15, 0.2) is 0 Å². The first-order chi connectivity index (χ1) is 20.1. The molecule has 2 N–H and O–H groups in total. The minimum Gasteiger partial charge on any atom is -0.449 e. The quantitative estimate of drug-likeness (QED) is 0.0771. The van der Waals surface area contributed by atoms with Gasteiger partial charge in [-0.25, -0.2) is 4.79 Å². The van der Waals surface area contributed by atoms with E-state index in [1.54, 1.807) is 0 Å². The summed E-state index contributed by atoms with van der Waals surface area (Å²) in [5.41, 5.74) is 0. The number of amides is 2. The fraction of sp³-hybridized carbons (Fsp3) is 0.941. The van der Waals surface area contributed by atoms with Gasteiger partial charge in [-0.15, -0.1) is 0 Å². The standard InChI is InChI=1S/C34H68N2O5/c1-4-5-6-7-8-9-10-11-12-13-14-15-16-17-18-22-28-39-29-24-31-41-34(38)36-26-21-19-20-25-33(37)35-27-23-30-40-32(2)3/h32H,4-31H2,1-3H3,(H,35,37)(H,36,38). The largest absolute Gasteiger partial charge is 0.449 e. The van der Waals surface area contributed by atoms with Crippen LogP contribution in [0.25, 0.3) is 0 Å². The van der Waals surface area contributed by atoms with E-state index in [0.29, 0.717) is 39.3 Å². The number of rotatable bonds is 32. The summed E-state index contributed by atoms with van der Waals surface area (Å²) in [6, 6.07) is 0. The maximum atomic E-state index is 11.8. The molecule has 0 heterocycles. The number of unbranched alkanes of at least 4 members (excludes halogenated alkanes) is 17. The first-order valence-corrected chi connectivity index (χ1v) is 17.4. The van der Waals surface area contributed by atoms with Crippen LogP contribution in [0.15, 0.2) is 0 Å². The van der Waals surface area contributed by atoms with E-state index in [1.165, 1.54) is 96.3 Å². The Bertz CT molecular complexity index is 559. The molecule has 0 saturated heterocycles. The van der Waals surface area contributed by atoms with Gasteiger partial charge < -0.3 is 24.8 Å². The molecule has 0 aliphatic rings. The van der Waals surface area contributed by atoms with E-state index in [1.807, 2.05) is 13.8 Å². The molecule has 0 fully saturated rings. The molecule has 0 aromatic carbocycles. The predicted octanol–water partition coefficient (Wildman–Crippen LogP) is 8.87. The van der Waals surface area contributed by atoms with Gasteiger partial charge in [-0.3, -0.25) is 4.79 Å². The SMILES string of the molecule is CCCCCCCCCCCCCCCCCCOCCCOC(=O)NCCCCCC(=O)NCCCOC(C)C. The molecule has 0 radical (unpaired) electrons. The molecule has 7 heteroatoms. The molecule has 0 atom stereocenters. The monoisotopic (exact) mass is 585 g/mol. The molecule has 0 aromatic rings. The van der Waals surface area contributed by atoms with Crippen LogP contribution in [0.5, 0.6) is 0 Å². The van der Waals surface area contributed by atoms with Crippen LogP contribution in [0.4, 0.5) is 4.79 Å². The molecule has 244 valence electrons. The third kappa shape index (κ3) is 34.8. The molecule has 0 bridgehead atoms. The summed E-state index contributed by atoms with van der Waals surface area (Å²) in [4.78, 5) is 23.5. The normalized spacial score (nSPS) is 11.2. The van der Waals surface area contributed by atoms with Crippen molar-refractivity contribution in [1.29, 1.82) is 0 Å². The molecular weight excluding hydrogens is 516 g/mol.